The molecule has 21 heavy (non-hydrogen) atoms. The van der Waals surface area contributed by atoms with Crippen molar-refractivity contribution in [2.24, 2.45) is 7.05 Å². The molecule has 0 saturated heterocycles. The van der Waals surface area contributed by atoms with Gasteiger partial charge in [0.2, 0.25) is 0 Å². The molecule has 114 valence electrons. The predicted octanol–water partition coefficient (Wildman–Crippen LogP) is 3.91. The van der Waals surface area contributed by atoms with Gasteiger partial charge in [-0.3, -0.25) is 4.68 Å². The maximum absolute atomic E-state index is 6.35. The fourth-order valence-corrected chi connectivity index (χ4v) is 3.08. The highest BCUT2D eigenvalue weighted by molar-refractivity contribution is 9.10. The number of aromatic nitrogens is 2. The zero-order chi connectivity index (χ0) is 15.4. The molecule has 1 N–H and O–H groups in total. The molecule has 0 spiro atoms. The van der Waals surface area contributed by atoms with E-state index in [0.717, 1.165) is 40.3 Å². The first-order valence-corrected chi connectivity index (χ1v) is 8.34. The SMILES string of the molecule is CCNC(Cc1ccc(Br)cc1)Cc1c(C)nn(C)c1Cl. The molecule has 0 saturated carbocycles. The van der Waals surface area contributed by atoms with Crippen LogP contribution in [0.4, 0.5) is 0 Å². The number of benzene rings is 1. The Bertz CT molecular complexity index is 592. The van der Waals surface area contributed by atoms with Crippen molar-refractivity contribution in [3.05, 3.63) is 50.7 Å². The smallest absolute Gasteiger partial charge is 0.130 e. The molecule has 0 bridgehead atoms. The van der Waals surface area contributed by atoms with E-state index in [9.17, 15) is 0 Å². The second kappa shape index (κ2) is 7.43. The normalized spacial score (nSPS) is 12.6. The van der Waals surface area contributed by atoms with Crippen molar-refractivity contribution in [3.63, 3.8) is 0 Å². The molecule has 1 aromatic heterocycles. The average molecular weight is 371 g/mol. The van der Waals surface area contributed by atoms with Crippen LogP contribution >= 0.6 is 27.5 Å². The van der Waals surface area contributed by atoms with E-state index >= 15 is 0 Å². The van der Waals surface area contributed by atoms with E-state index in [1.165, 1.54) is 5.56 Å². The lowest BCUT2D eigenvalue weighted by atomic mass is 9.99. The first kappa shape index (κ1) is 16.5. The van der Waals surface area contributed by atoms with Crippen LogP contribution in [0.5, 0.6) is 0 Å². The van der Waals surface area contributed by atoms with Crippen LogP contribution in [0, 0.1) is 6.92 Å². The lowest BCUT2D eigenvalue weighted by molar-refractivity contribution is 0.520. The molecule has 0 amide bonds. The number of likely N-dealkylation sites (N-methyl/N-ethyl adjacent to an activating group) is 1. The van der Waals surface area contributed by atoms with Crippen molar-refractivity contribution in [3.8, 4) is 0 Å². The van der Waals surface area contributed by atoms with Gasteiger partial charge in [-0.1, -0.05) is 46.6 Å². The number of hydrogen-bond acceptors (Lipinski definition) is 2. The van der Waals surface area contributed by atoms with Crippen LogP contribution in [-0.2, 0) is 19.9 Å². The Hall–Kier alpha value is -0.840. The number of nitrogens with zero attached hydrogens (tertiary/aromatic N) is 2. The van der Waals surface area contributed by atoms with Gasteiger partial charge in [-0.05, 0) is 44.0 Å². The molecule has 5 heteroatoms. The molecule has 1 atom stereocenters. The highest BCUT2D eigenvalue weighted by atomic mass is 79.9. The Kier molecular flexibility index (Phi) is 5.85. The monoisotopic (exact) mass is 369 g/mol. The third kappa shape index (κ3) is 4.31. The summed E-state index contributed by atoms with van der Waals surface area (Å²) >= 11 is 9.82. The molecular formula is C16H21BrClN3. The molecule has 1 unspecified atom stereocenters. The Morgan fingerprint density at radius 3 is 2.48 bits per heavy atom. The summed E-state index contributed by atoms with van der Waals surface area (Å²) in [6.45, 7) is 5.09. The van der Waals surface area contributed by atoms with Gasteiger partial charge in [0.1, 0.15) is 5.15 Å². The molecule has 3 nitrogen and oxygen atoms in total. The number of nitrogens with one attached hydrogen (secondary N) is 1. The van der Waals surface area contributed by atoms with E-state index in [-0.39, 0.29) is 0 Å². The highest BCUT2D eigenvalue weighted by Gasteiger charge is 2.17. The third-order valence-corrected chi connectivity index (χ3v) is 4.61. The number of rotatable bonds is 6. The number of aryl methyl sites for hydroxylation is 2. The van der Waals surface area contributed by atoms with Crippen molar-refractivity contribution in [1.82, 2.24) is 15.1 Å². The lowest BCUT2D eigenvalue weighted by Gasteiger charge is -2.18. The van der Waals surface area contributed by atoms with Crippen LogP contribution in [-0.4, -0.2) is 22.4 Å². The van der Waals surface area contributed by atoms with E-state index in [0.29, 0.717) is 6.04 Å². The molecule has 1 aromatic carbocycles. The van der Waals surface area contributed by atoms with E-state index in [2.05, 4.69) is 57.5 Å². The van der Waals surface area contributed by atoms with Gasteiger partial charge in [-0.15, -0.1) is 0 Å². The van der Waals surface area contributed by atoms with E-state index in [1.807, 2.05) is 14.0 Å². The van der Waals surface area contributed by atoms with Gasteiger partial charge >= 0.3 is 0 Å². The van der Waals surface area contributed by atoms with Crippen LogP contribution in [0.3, 0.4) is 0 Å². The number of halogens is 2. The van der Waals surface area contributed by atoms with Crippen molar-refractivity contribution in [1.29, 1.82) is 0 Å². The molecule has 0 aliphatic carbocycles. The van der Waals surface area contributed by atoms with Gasteiger partial charge in [0.25, 0.3) is 0 Å². The zero-order valence-electron chi connectivity index (χ0n) is 12.7. The van der Waals surface area contributed by atoms with E-state index in [1.54, 1.807) is 4.68 Å². The average Bonchev–Trinajstić information content (AvgIpc) is 2.68. The molecule has 2 aromatic rings. The molecule has 0 radical (unpaired) electrons. The van der Waals surface area contributed by atoms with Crippen molar-refractivity contribution in [2.75, 3.05) is 6.54 Å². The van der Waals surface area contributed by atoms with E-state index < -0.39 is 0 Å². The van der Waals surface area contributed by atoms with Gasteiger partial charge in [0.15, 0.2) is 0 Å². The van der Waals surface area contributed by atoms with E-state index in [4.69, 9.17) is 11.6 Å². The molecule has 0 aliphatic rings. The van der Waals surface area contributed by atoms with Crippen molar-refractivity contribution >= 4 is 27.5 Å². The summed E-state index contributed by atoms with van der Waals surface area (Å²) in [6.07, 6.45) is 1.87. The molecule has 2 rings (SSSR count). The molecule has 1 heterocycles. The van der Waals surface area contributed by atoms with Gasteiger partial charge < -0.3 is 5.32 Å². The second-order valence-corrected chi connectivity index (χ2v) is 6.54. The Morgan fingerprint density at radius 2 is 1.95 bits per heavy atom. The fraction of sp³-hybridized carbons (Fsp3) is 0.438. The number of hydrogen-bond donors (Lipinski definition) is 1. The maximum atomic E-state index is 6.35. The van der Waals surface area contributed by atoms with Gasteiger partial charge in [0, 0.05) is 23.1 Å². The Morgan fingerprint density at radius 1 is 1.29 bits per heavy atom. The summed E-state index contributed by atoms with van der Waals surface area (Å²) in [5.74, 6) is 0. The van der Waals surface area contributed by atoms with Crippen LogP contribution in [0.25, 0.3) is 0 Å². The lowest BCUT2D eigenvalue weighted by Crippen LogP contribution is -2.33. The van der Waals surface area contributed by atoms with Gasteiger partial charge in [-0.2, -0.15) is 5.10 Å². The van der Waals surface area contributed by atoms with Crippen LogP contribution in [0.1, 0.15) is 23.7 Å². The summed E-state index contributed by atoms with van der Waals surface area (Å²) in [4.78, 5) is 0. The van der Waals surface area contributed by atoms with Crippen molar-refractivity contribution < 1.29 is 0 Å². The third-order valence-electron chi connectivity index (χ3n) is 3.61. The second-order valence-electron chi connectivity index (χ2n) is 5.27. The van der Waals surface area contributed by atoms with Crippen molar-refractivity contribution in [2.45, 2.75) is 32.7 Å². The summed E-state index contributed by atoms with van der Waals surface area (Å²) in [5.41, 5.74) is 3.48. The quantitative estimate of drug-likeness (QED) is 0.835. The standard InChI is InChI=1S/C16H21BrClN3/c1-4-19-14(9-12-5-7-13(17)8-6-12)10-15-11(2)20-21(3)16(15)18/h5-8,14,19H,4,9-10H2,1-3H3. The van der Waals surface area contributed by atoms with Crippen LogP contribution in [0.2, 0.25) is 5.15 Å². The summed E-state index contributed by atoms with van der Waals surface area (Å²) in [6, 6.07) is 8.84. The Labute approximate surface area is 139 Å². The predicted molar refractivity (Wildman–Crippen MR) is 92.0 cm³/mol. The minimum Gasteiger partial charge on any atom is -0.314 e. The zero-order valence-corrected chi connectivity index (χ0v) is 15.0. The molecule has 0 fully saturated rings. The topological polar surface area (TPSA) is 29.9 Å². The molecular weight excluding hydrogens is 350 g/mol. The minimum absolute atomic E-state index is 0.358. The summed E-state index contributed by atoms with van der Waals surface area (Å²) < 4.78 is 2.85. The van der Waals surface area contributed by atoms with Gasteiger partial charge in [0.05, 0.1) is 5.69 Å². The summed E-state index contributed by atoms with van der Waals surface area (Å²) in [7, 11) is 1.88. The first-order chi connectivity index (χ1) is 10.0. The first-order valence-electron chi connectivity index (χ1n) is 7.17. The Balaban J connectivity index is 2.13. The fourth-order valence-electron chi connectivity index (χ4n) is 2.56. The summed E-state index contributed by atoms with van der Waals surface area (Å²) in [5, 5.41) is 8.69. The maximum Gasteiger partial charge on any atom is 0.130 e. The van der Waals surface area contributed by atoms with Crippen LogP contribution < -0.4 is 5.32 Å². The molecule has 0 aliphatic heterocycles. The minimum atomic E-state index is 0.358. The highest BCUT2D eigenvalue weighted by Crippen LogP contribution is 2.21. The largest absolute Gasteiger partial charge is 0.314 e. The van der Waals surface area contributed by atoms with Gasteiger partial charge in [-0.25, -0.2) is 0 Å². The van der Waals surface area contributed by atoms with Crippen LogP contribution in [0.15, 0.2) is 28.7 Å².